The summed E-state index contributed by atoms with van der Waals surface area (Å²) in [5.74, 6) is -0.00683. The number of amides is 3. The van der Waals surface area contributed by atoms with E-state index in [4.69, 9.17) is 11.6 Å². The monoisotopic (exact) mass is 548 g/mol. The molecule has 0 radical (unpaired) electrons. The van der Waals surface area contributed by atoms with Gasteiger partial charge < -0.3 is 19.7 Å². The quantitative estimate of drug-likeness (QED) is 0.285. The van der Waals surface area contributed by atoms with E-state index in [1.54, 1.807) is 4.90 Å². The topological polar surface area (TPSA) is 57.6 Å². The van der Waals surface area contributed by atoms with Gasteiger partial charge in [-0.1, -0.05) is 74.2 Å². The molecule has 208 valence electrons. The van der Waals surface area contributed by atoms with Crippen LogP contribution in [0.3, 0.4) is 0 Å². The van der Waals surface area contributed by atoms with Gasteiger partial charge in [-0.05, 0) is 68.5 Å². The van der Waals surface area contributed by atoms with E-state index in [0.717, 1.165) is 59.6 Å². The summed E-state index contributed by atoms with van der Waals surface area (Å²) in [5, 5.41) is 3.77. The standard InChI is InChI=1S/C32H41ClN4O2/c1-4-25(3)36(32(39)34-30-19-11-8-13-24(30)2)23-31(38)37(27-15-6-5-7-16-27)22-28-17-12-20-35(28)21-26-14-9-10-18-29(26)33/h8-14,17-20,25,27H,4-7,15-16,21-23H2,1-3H3,(H,34,39). The number of benzene rings is 2. The maximum absolute atomic E-state index is 14.0. The fourth-order valence-corrected chi connectivity index (χ4v) is 5.53. The first-order valence-electron chi connectivity index (χ1n) is 14.2. The Balaban J connectivity index is 1.55. The third-order valence-corrected chi connectivity index (χ3v) is 8.33. The Morgan fingerprint density at radius 1 is 1.03 bits per heavy atom. The van der Waals surface area contributed by atoms with Crippen molar-refractivity contribution in [1.29, 1.82) is 0 Å². The van der Waals surface area contributed by atoms with E-state index in [-0.39, 0.29) is 30.6 Å². The molecule has 2 aromatic carbocycles. The van der Waals surface area contributed by atoms with Crippen LogP contribution in [0.4, 0.5) is 10.5 Å². The largest absolute Gasteiger partial charge is 0.345 e. The first kappa shape index (κ1) is 28.8. The number of aryl methyl sites for hydroxylation is 1. The maximum atomic E-state index is 14.0. The highest BCUT2D eigenvalue weighted by atomic mass is 35.5. The SMILES string of the molecule is CCC(C)N(CC(=O)N(Cc1cccn1Cc1ccccc1Cl)C1CCCCC1)C(=O)Nc1ccccc1C. The molecule has 39 heavy (non-hydrogen) atoms. The van der Waals surface area contributed by atoms with E-state index in [2.05, 4.69) is 16.0 Å². The molecule has 0 saturated heterocycles. The third-order valence-electron chi connectivity index (χ3n) is 7.97. The number of aromatic nitrogens is 1. The molecule has 1 fully saturated rings. The second-order valence-electron chi connectivity index (χ2n) is 10.7. The zero-order valence-corrected chi connectivity index (χ0v) is 24.2. The van der Waals surface area contributed by atoms with Gasteiger partial charge in [0.25, 0.3) is 0 Å². The molecule has 0 aliphatic heterocycles. The number of anilines is 1. The fourth-order valence-electron chi connectivity index (χ4n) is 5.33. The summed E-state index contributed by atoms with van der Waals surface area (Å²) >= 11 is 6.45. The highest BCUT2D eigenvalue weighted by molar-refractivity contribution is 6.31. The van der Waals surface area contributed by atoms with Gasteiger partial charge >= 0.3 is 6.03 Å². The van der Waals surface area contributed by atoms with E-state index in [1.807, 2.05) is 86.5 Å². The number of carbonyl (C=O) groups excluding carboxylic acids is 2. The lowest BCUT2D eigenvalue weighted by Crippen LogP contribution is -2.50. The molecule has 1 atom stereocenters. The number of nitrogens with one attached hydrogen (secondary N) is 1. The highest BCUT2D eigenvalue weighted by Crippen LogP contribution is 2.26. The van der Waals surface area contributed by atoms with Gasteiger partial charge in [-0.25, -0.2) is 4.79 Å². The summed E-state index contributed by atoms with van der Waals surface area (Å²) in [5.41, 5.74) is 3.87. The molecule has 1 aliphatic carbocycles. The molecule has 3 aromatic rings. The lowest BCUT2D eigenvalue weighted by Gasteiger charge is -2.37. The minimum atomic E-state index is -0.238. The van der Waals surface area contributed by atoms with Crippen LogP contribution in [-0.4, -0.2) is 44.9 Å². The van der Waals surface area contributed by atoms with E-state index in [0.29, 0.717) is 13.1 Å². The number of carbonyl (C=O) groups is 2. The van der Waals surface area contributed by atoms with Crippen molar-refractivity contribution in [3.8, 4) is 0 Å². The van der Waals surface area contributed by atoms with Crippen molar-refractivity contribution in [1.82, 2.24) is 14.4 Å². The Hall–Kier alpha value is -3.25. The molecule has 1 aromatic heterocycles. The summed E-state index contributed by atoms with van der Waals surface area (Å²) in [7, 11) is 0. The zero-order chi connectivity index (χ0) is 27.8. The van der Waals surface area contributed by atoms with E-state index in [9.17, 15) is 9.59 Å². The Kier molecular flexibility index (Phi) is 10.1. The van der Waals surface area contributed by atoms with Crippen molar-refractivity contribution in [3.05, 3.63) is 88.7 Å². The van der Waals surface area contributed by atoms with Crippen LogP contribution in [0.1, 0.15) is 69.2 Å². The maximum Gasteiger partial charge on any atom is 0.322 e. The average Bonchev–Trinajstić information content (AvgIpc) is 3.39. The lowest BCUT2D eigenvalue weighted by atomic mass is 9.94. The van der Waals surface area contributed by atoms with Crippen LogP contribution in [0.5, 0.6) is 0 Å². The molecule has 1 aliphatic rings. The highest BCUT2D eigenvalue weighted by Gasteiger charge is 2.30. The lowest BCUT2D eigenvalue weighted by molar-refractivity contribution is -0.136. The second-order valence-corrected chi connectivity index (χ2v) is 11.1. The zero-order valence-electron chi connectivity index (χ0n) is 23.4. The van der Waals surface area contributed by atoms with Crippen molar-refractivity contribution < 1.29 is 9.59 Å². The smallest absolute Gasteiger partial charge is 0.322 e. The third kappa shape index (κ3) is 7.45. The van der Waals surface area contributed by atoms with Crippen LogP contribution in [0.2, 0.25) is 5.02 Å². The Bertz CT molecular complexity index is 1250. The summed E-state index contributed by atoms with van der Waals surface area (Å²) < 4.78 is 2.17. The van der Waals surface area contributed by atoms with Crippen LogP contribution in [0.15, 0.2) is 66.9 Å². The van der Waals surface area contributed by atoms with Gasteiger partial charge in [0.1, 0.15) is 6.54 Å². The molecule has 7 heteroatoms. The van der Waals surface area contributed by atoms with Crippen LogP contribution in [0.25, 0.3) is 0 Å². The Morgan fingerprint density at radius 2 is 1.74 bits per heavy atom. The normalized spacial score (nSPS) is 14.6. The predicted octanol–water partition coefficient (Wildman–Crippen LogP) is 7.49. The Labute approximate surface area is 237 Å². The number of rotatable bonds is 10. The van der Waals surface area contributed by atoms with Gasteiger partial charge in [0.15, 0.2) is 0 Å². The molecule has 4 rings (SSSR count). The van der Waals surface area contributed by atoms with E-state index in [1.165, 1.54) is 6.42 Å². The molecule has 0 spiro atoms. The Morgan fingerprint density at radius 3 is 2.46 bits per heavy atom. The fraction of sp³-hybridized carbons (Fsp3) is 0.438. The number of halogens is 1. The summed E-state index contributed by atoms with van der Waals surface area (Å²) in [6, 6.07) is 19.6. The van der Waals surface area contributed by atoms with Crippen molar-refractivity contribution in [2.45, 2.75) is 84.5 Å². The van der Waals surface area contributed by atoms with Crippen molar-refractivity contribution >= 4 is 29.2 Å². The number of nitrogens with zero attached hydrogens (tertiary/aromatic N) is 3. The number of urea groups is 1. The van der Waals surface area contributed by atoms with Crippen LogP contribution >= 0.6 is 11.6 Å². The summed E-state index contributed by atoms with van der Waals surface area (Å²) in [4.78, 5) is 31.2. The average molecular weight is 549 g/mol. The molecular weight excluding hydrogens is 508 g/mol. The van der Waals surface area contributed by atoms with Crippen LogP contribution in [-0.2, 0) is 17.9 Å². The summed E-state index contributed by atoms with van der Waals surface area (Å²) in [6.07, 6.45) is 8.25. The number of hydrogen-bond acceptors (Lipinski definition) is 2. The molecule has 6 nitrogen and oxygen atoms in total. The molecule has 1 unspecified atom stereocenters. The van der Waals surface area contributed by atoms with Crippen molar-refractivity contribution in [3.63, 3.8) is 0 Å². The van der Waals surface area contributed by atoms with Gasteiger partial charge in [0.2, 0.25) is 5.91 Å². The van der Waals surface area contributed by atoms with E-state index < -0.39 is 0 Å². The summed E-state index contributed by atoms with van der Waals surface area (Å²) in [6.45, 7) is 7.22. The molecular formula is C32H41ClN4O2. The van der Waals surface area contributed by atoms with Crippen molar-refractivity contribution in [2.24, 2.45) is 0 Å². The molecule has 0 bridgehead atoms. The first-order valence-corrected chi connectivity index (χ1v) is 14.5. The first-order chi connectivity index (χ1) is 18.9. The van der Waals surface area contributed by atoms with Gasteiger partial charge in [-0.3, -0.25) is 4.79 Å². The molecule has 3 amide bonds. The van der Waals surface area contributed by atoms with Gasteiger partial charge in [0.05, 0.1) is 6.54 Å². The van der Waals surface area contributed by atoms with Gasteiger partial charge in [0, 0.05) is 41.2 Å². The van der Waals surface area contributed by atoms with Gasteiger partial charge in [-0.2, -0.15) is 0 Å². The van der Waals surface area contributed by atoms with Gasteiger partial charge in [-0.15, -0.1) is 0 Å². The number of hydrogen-bond donors (Lipinski definition) is 1. The van der Waals surface area contributed by atoms with E-state index >= 15 is 0 Å². The molecule has 1 heterocycles. The second kappa shape index (κ2) is 13.7. The van der Waals surface area contributed by atoms with Crippen molar-refractivity contribution in [2.75, 3.05) is 11.9 Å². The van der Waals surface area contributed by atoms with Crippen LogP contribution < -0.4 is 5.32 Å². The minimum Gasteiger partial charge on any atom is -0.345 e. The minimum absolute atomic E-state index is 0.00683. The van der Waals surface area contributed by atoms with Crippen LogP contribution in [0, 0.1) is 6.92 Å². The molecule has 1 N–H and O–H groups in total. The number of para-hydroxylation sites is 1. The molecule has 1 saturated carbocycles. The predicted molar refractivity (Wildman–Crippen MR) is 159 cm³/mol.